The van der Waals surface area contributed by atoms with Crippen LogP contribution in [0.2, 0.25) is 0 Å². The van der Waals surface area contributed by atoms with Crippen molar-refractivity contribution in [2.75, 3.05) is 0 Å². The largest absolute Gasteiger partial charge is 0.326 e. The van der Waals surface area contributed by atoms with Gasteiger partial charge in [-0.3, -0.25) is 0 Å². The van der Waals surface area contributed by atoms with Crippen molar-refractivity contribution in [1.82, 2.24) is 4.98 Å². The number of pyridine rings is 1. The summed E-state index contributed by atoms with van der Waals surface area (Å²) in [6.07, 6.45) is 1.80. The van der Waals surface area contributed by atoms with E-state index in [0.29, 0.717) is 6.54 Å². The summed E-state index contributed by atoms with van der Waals surface area (Å²) in [4.78, 5) is 4.31. The average molecular weight is 222 g/mol. The molecule has 0 saturated carbocycles. The van der Waals surface area contributed by atoms with Gasteiger partial charge in [-0.15, -0.1) is 11.3 Å². The van der Waals surface area contributed by atoms with Crippen LogP contribution in [0, 0.1) is 0 Å². The highest BCUT2D eigenvalue weighted by molar-refractivity contribution is 8.01. The predicted molar refractivity (Wildman–Crippen MR) is 60.6 cm³/mol. The van der Waals surface area contributed by atoms with Crippen LogP contribution in [0.25, 0.3) is 0 Å². The van der Waals surface area contributed by atoms with Crippen LogP contribution in [0.5, 0.6) is 0 Å². The molecule has 2 aromatic rings. The molecule has 0 radical (unpaired) electrons. The number of rotatable bonds is 3. The second kappa shape index (κ2) is 4.59. The van der Waals surface area contributed by atoms with Gasteiger partial charge in [0.2, 0.25) is 0 Å². The van der Waals surface area contributed by atoms with Gasteiger partial charge in [-0.2, -0.15) is 0 Å². The van der Waals surface area contributed by atoms with Crippen molar-refractivity contribution in [3.05, 3.63) is 41.4 Å². The van der Waals surface area contributed by atoms with Gasteiger partial charge in [0.1, 0.15) is 5.03 Å². The zero-order valence-corrected chi connectivity index (χ0v) is 9.15. The predicted octanol–water partition coefficient (Wildman–Crippen LogP) is 2.75. The Morgan fingerprint density at radius 2 is 2.29 bits per heavy atom. The molecule has 0 aliphatic carbocycles. The molecule has 0 bridgehead atoms. The fraction of sp³-hybridized carbons (Fsp3) is 0.100. The highest BCUT2D eigenvalue weighted by Gasteiger charge is 2.03. The topological polar surface area (TPSA) is 38.9 Å². The van der Waals surface area contributed by atoms with Gasteiger partial charge in [0.25, 0.3) is 0 Å². The molecule has 0 atom stereocenters. The summed E-state index contributed by atoms with van der Waals surface area (Å²) in [5.41, 5.74) is 6.73. The van der Waals surface area contributed by atoms with Gasteiger partial charge in [0, 0.05) is 12.7 Å². The SMILES string of the molecule is NCc1cccnc1Sc1cccs1. The molecule has 0 fully saturated rings. The number of nitrogens with zero attached hydrogens (tertiary/aromatic N) is 1. The molecule has 14 heavy (non-hydrogen) atoms. The molecular weight excluding hydrogens is 212 g/mol. The van der Waals surface area contributed by atoms with Crippen LogP contribution < -0.4 is 5.73 Å². The Labute approximate surface area is 91.2 Å². The summed E-state index contributed by atoms with van der Waals surface area (Å²) in [5.74, 6) is 0. The standard InChI is InChI=1S/C10H10N2S2/c11-7-8-3-1-5-12-10(8)14-9-4-2-6-13-9/h1-6H,7,11H2. The third kappa shape index (κ3) is 2.15. The van der Waals surface area contributed by atoms with Crippen molar-refractivity contribution in [2.45, 2.75) is 15.8 Å². The monoisotopic (exact) mass is 222 g/mol. The smallest absolute Gasteiger partial charge is 0.106 e. The van der Waals surface area contributed by atoms with E-state index in [-0.39, 0.29) is 0 Å². The zero-order valence-electron chi connectivity index (χ0n) is 7.51. The summed E-state index contributed by atoms with van der Waals surface area (Å²) in [7, 11) is 0. The maximum absolute atomic E-state index is 5.63. The summed E-state index contributed by atoms with van der Waals surface area (Å²) < 4.78 is 1.25. The van der Waals surface area contributed by atoms with Crippen molar-refractivity contribution in [2.24, 2.45) is 5.73 Å². The van der Waals surface area contributed by atoms with Crippen LogP contribution in [-0.4, -0.2) is 4.98 Å². The second-order valence-electron chi connectivity index (χ2n) is 2.71. The van der Waals surface area contributed by atoms with Gasteiger partial charge < -0.3 is 5.73 Å². The molecule has 0 aliphatic heterocycles. The Morgan fingerprint density at radius 1 is 1.36 bits per heavy atom. The zero-order chi connectivity index (χ0) is 9.80. The molecule has 0 aliphatic rings. The van der Waals surface area contributed by atoms with Crippen LogP contribution in [0.4, 0.5) is 0 Å². The number of hydrogen-bond acceptors (Lipinski definition) is 4. The molecule has 2 nitrogen and oxygen atoms in total. The Balaban J connectivity index is 2.24. The Bertz CT molecular complexity index is 398. The molecule has 4 heteroatoms. The molecule has 2 heterocycles. The highest BCUT2D eigenvalue weighted by Crippen LogP contribution is 2.31. The van der Waals surface area contributed by atoms with E-state index >= 15 is 0 Å². The number of nitrogens with two attached hydrogens (primary N) is 1. The normalized spacial score (nSPS) is 10.4. The van der Waals surface area contributed by atoms with E-state index < -0.39 is 0 Å². The second-order valence-corrected chi connectivity index (χ2v) is 4.94. The van der Waals surface area contributed by atoms with E-state index in [9.17, 15) is 0 Å². The lowest BCUT2D eigenvalue weighted by atomic mass is 10.3. The fourth-order valence-corrected chi connectivity index (χ4v) is 2.87. The van der Waals surface area contributed by atoms with E-state index in [1.165, 1.54) is 4.21 Å². The molecule has 0 unspecified atom stereocenters. The van der Waals surface area contributed by atoms with Gasteiger partial charge in [-0.05, 0) is 23.1 Å². The summed E-state index contributed by atoms with van der Waals surface area (Å²) in [6, 6.07) is 8.06. The lowest BCUT2D eigenvalue weighted by Gasteiger charge is -2.03. The first-order valence-corrected chi connectivity index (χ1v) is 5.95. The van der Waals surface area contributed by atoms with E-state index in [2.05, 4.69) is 16.4 Å². The highest BCUT2D eigenvalue weighted by atomic mass is 32.2. The Morgan fingerprint density at radius 3 is 3.00 bits per heavy atom. The molecule has 0 saturated heterocycles. The lowest BCUT2D eigenvalue weighted by molar-refractivity contribution is 0.964. The molecule has 0 amide bonds. The number of hydrogen-bond donors (Lipinski definition) is 1. The number of thiophene rings is 1. The molecule has 2 N–H and O–H groups in total. The van der Waals surface area contributed by atoms with Crippen molar-refractivity contribution in [1.29, 1.82) is 0 Å². The van der Waals surface area contributed by atoms with Gasteiger partial charge in [0.05, 0.1) is 4.21 Å². The third-order valence-corrected chi connectivity index (χ3v) is 3.86. The van der Waals surface area contributed by atoms with E-state index in [1.807, 2.05) is 18.2 Å². The first kappa shape index (κ1) is 9.71. The van der Waals surface area contributed by atoms with Crippen LogP contribution in [0.15, 0.2) is 45.1 Å². The molecular formula is C10H10N2S2. The summed E-state index contributed by atoms with van der Waals surface area (Å²) >= 11 is 3.39. The van der Waals surface area contributed by atoms with Crippen LogP contribution in [0.3, 0.4) is 0 Å². The Hall–Kier alpha value is -0.840. The Kier molecular flexibility index (Phi) is 3.18. The third-order valence-electron chi connectivity index (χ3n) is 1.76. The molecule has 0 spiro atoms. The van der Waals surface area contributed by atoms with E-state index in [4.69, 9.17) is 5.73 Å². The summed E-state index contributed by atoms with van der Waals surface area (Å²) in [5, 5.41) is 3.07. The minimum Gasteiger partial charge on any atom is -0.326 e. The average Bonchev–Trinajstić information content (AvgIpc) is 2.71. The van der Waals surface area contributed by atoms with Gasteiger partial charge >= 0.3 is 0 Å². The molecule has 72 valence electrons. The van der Waals surface area contributed by atoms with Crippen molar-refractivity contribution >= 4 is 23.1 Å². The van der Waals surface area contributed by atoms with Crippen LogP contribution >= 0.6 is 23.1 Å². The fourth-order valence-electron chi connectivity index (χ4n) is 1.09. The van der Waals surface area contributed by atoms with E-state index in [1.54, 1.807) is 29.3 Å². The molecule has 2 rings (SSSR count). The first-order valence-electron chi connectivity index (χ1n) is 4.25. The number of aromatic nitrogens is 1. The van der Waals surface area contributed by atoms with Gasteiger partial charge in [0.15, 0.2) is 0 Å². The summed E-state index contributed by atoms with van der Waals surface area (Å²) in [6.45, 7) is 0.543. The van der Waals surface area contributed by atoms with Gasteiger partial charge in [-0.25, -0.2) is 4.98 Å². The first-order chi connectivity index (χ1) is 6.90. The quantitative estimate of drug-likeness (QED) is 0.868. The van der Waals surface area contributed by atoms with Gasteiger partial charge in [-0.1, -0.05) is 23.9 Å². The van der Waals surface area contributed by atoms with Crippen molar-refractivity contribution in [3.8, 4) is 0 Å². The van der Waals surface area contributed by atoms with Crippen LogP contribution in [0.1, 0.15) is 5.56 Å². The van der Waals surface area contributed by atoms with Crippen molar-refractivity contribution in [3.63, 3.8) is 0 Å². The maximum atomic E-state index is 5.63. The van der Waals surface area contributed by atoms with E-state index in [0.717, 1.165) is 10.6 Å². The molecule has 2 aromatic heterocycles. The maximum Gasteiger partial charge on any atom is 0.106 e. The molecule has 0 aromatic carbocycles. The van der Waals surface area contributed by atoms with Crippen molar-refractivity contribution < 1.29 is 0 Å². The minimum atomic E-state index is 0.543. The minimum absolute atomic E-state index is 0.543. The lowest BCUT2D eigenvalue weighted by Crippen LogP contribution is -1.99. The van der Waals surface area contributed by atoms with Crippen LogP contribution in [-0.2, 0) is 6.54 Å².